The number of ketones is 1. The molecular formula is C23H22N4O5. The van der Waals surface area contributed by atoms with Gasteiger partial charge in [0.2, 0.25) is 17.6 Å². The lowest BCUT2D eigenvalue weighted by Gasteiger charge is -2.20. The molecule has 2 amide bonds. The highest BCUT2D eigenvalue weighted by Gasteiger charge is 2.47. The summed E-state index contributed by atoms with van der Waals surface area (Å²) in [5.41, 5.74) is 1.53. The second-order valence-corrected chi connectivity index (χ2v) is 7.92. The zero-order valence-corrected chi connectivity index (χ0v) is 17.8. The summed E-state index contributed by atoms with van der Waals surface area (Å²) >= 11 is 0. The first-order valence-electron chi connectivity index (χ1n) is 10.2. The number of anilines is 2. The first kappa shape index (κ1) is 21.3. The number of carbonyl (C=O) groups is 4. The third-order valence-electron chi connectivity index (χ3n) is 6.10. The minimum absolute atomic E-state index is 0.149. The van der Waals surface area contributed by atoms with E-state index in [1.807, 2.05) is 42.5 Å². The molecule has 0 saturated carbocycles. The summed E-state index contributed by atoms with van der Waals surface area (Å²) in [5.74, 6) is -2.81. The molecule has 0 spiro atoms. The van der Waals surface area contributed by atoms with Crippen LogP contribution in [0.1, 0.15) is 12.8 Å². The van der Waals surface area contributed by atoms with Crippen LogP contribution in [-0.2, 0) is 23.9 Å². The lowest BCUT2D eigenvalue weighted by atomic mass is 9.85. The van der Waals surface area contributed by atoms with Crippen molar-refractivity contribution in [3.8, 4) is 6.07 Å². The number of esters is 1. The SMILES string of the molecule is CN1C(=C(C#N)C(=O)COC(=O)CN2C(=O)C3CC=CCC3C2=O)N(C)c2ccccc21. The Hall–Kier alpha value is -3.93. The van der Waals surface area contributed by atoms with Gasteiger partial charge < -0.3 is 14.5 Å². The monoisotopic (exact) mass is 434 g/mol. The van der Waals surface area contributed by atoms with Crippen LogP contribution >= 0.6 is 0 Å². The minimum atomic E-state index is -0.870. The molecule has 0 bridgehead atoms. The first-order chi connectivity index (χ1) is 15.3. The van der Waals surface area contributed by atoms with E-state index in [9.17, 15) is 24.4 Å². The molecule has 1 fully saturated rings. The van der Waals surface area contributed by atoms with Gasteiger partial charge in [-0.05, 0) is 25.0 Å². The molecule has 2 unspecified atom stereocenters. The van der Waals surface area contributed by atoms with Gasteiger partial charge in [-0.1, -0.05) is 24.3 Å². The quantitative estimate of drug-likeness (QED) is 0.225. The second-order valence-electron chi connectivity index (χ2n) is 7.92. The van der Waals surface area contributed by atoms with Crippen molar-refractivity contribution in [1.29, 1.82) is 5.26 Å². The Labute approximate surface area is 185 Å². The maximum absolute atomic E-state index is 12.7. The second kappa shape index (κ2) is 8.30. The molecule has 0 radical (unpaired) electrons. The number of hydrogen-bond acceptors (Lipinski definition) is 8. The Balaban J connectivity index is 1.42. The van der Waals surface area contributed by atoms with Crippen LogP contribution in [-0.4, -0.2) is 55.7 Å². The van der Waals surface area contributed by atoms with Crippen LogP contribution in [0.25, 0.3) is 0 Å². The van der Waals surface area contributed by atoms with Gasteiger partial charge in [0.15, 0.2) is 6.61 Å². The average molecular weight is 434 g/mol. The molecule has 0 aromatic heterocycles. The van der Waals surface area contributed by atoms with Crippen LogP contribution in [0.2, 0.25) is 0 Å². The molecule has 4 rings (SSSR count). The van der Waals surface area contributed by atoms with Crippen LogP contribution < -0.4 is 9.80 Å². The third kappa shape index (κ3) is 3.43. The number of benzene rings is 1. The van der Waals surface area contributed by atoms with Gasteiger partial charge in [-0.2, -0.15) is 5.26 Å². The number of nitrogens with zero attached hydrogens (tertiary/aromatic N) is 4. The largest absolute Gasteiger partial charge is 0.456 e. The minimum Gasteiger partial charge on any atom is -0.456 e. The fraction of sp³-hybridized carbons (Fsp3) is 0.348. The number of imide groups is 1. The zero-order valence-electron chi connectivity index (χ0n) is 17.8. The van der Waals surface area contributed by atoms with Crippen molar-refractivity contribution in [2.75, 3.05) is 37.0 Å². The van der Waals surface area contributed by atoms with E-state index in [1.54, 1.807) is 23.9 Å². The molecule has 0 N–H and O–H groups in total. The zero-order chi connectivity index (χ0) is 23.0. The molecule has 1 aromatic carbocycles. The van der Waals surface area contributed by atoms with E-state index >= 15 is 0 Å². The predicted octanol–water partition coefficient (Wildman–Crippen LogP) is 1.37. The van der Waals surface area contributed by atoms with Crippen LogP contribution in [0.4, 0.5) is 11.4 Å². The number of likely N-dealkylation sites (tertiary alicyclic amines) is 1. The molecule has 164 valence electrons. The maximum Gasteiger partial charge on any atom is 0.326 e. The number of ether oxygens (including phenoxy) is 1. The van der Waals surface area contributed by atoms with Crippen molar-refractivity contribution < 1.29 is 23.9 Å². The summed E-state index contributed by atoms with van der Waals surface area (Å²) in [7, 11) is 3.49. The van der Waals surface area contributed by atoms with Gasteiger partial charge in [0, 0.05) is 14.1 Å². The molecule has 2 heterocycles. The highest BCUT2D eigenvalue weighted by molar-refractivity contribution is 6.07. The third-order valence-corrected chi connectivity index (χ3v) is 6.10. The van der Waals surface area contributed by atoms with E-state index in [0.29, 0.717) is 18.7 Å². The van der Waals surface area contributed by atoms with Gasteiger partial charge in [-0.3, -0.25) is 24.1 Å². The van der Waals surface area contributed by atoms with Crippen molar-refractivity contribution in [3.05, 3.63) is 47.8 Å². The molecule has 1 saturated heterocycles. The number of allylic oxidation sites excluding steroid dienone is 2. The van der Waals surface area contributed by atoms with Gasteiger partial charge in [0.05, 0.1) is 23.2 Å². The molecule has 32 heavy (non-hydrogen) atoms. The summed E-state index contributed by atoms with van der Waals surface area (Å²) in [6.07, 6.45) is 4.67. The van der Waals surface area contributed by atoms with Crippen molar-refractivity contribution in [2.24, 2.45) is 11.8 Å². The Morgan fingerprint density at radius 3 is 2.06 bits per heavy atom. The molecule has 9 heteroatoms. The van der Waals surface area contributed by atoms with Crippen LogP contribution in [0.5, 0.6) is 0 Å². The summed E-state index contributed by atoms with van der Waals surface area (Å²) in [4.78, 5) is 54.3. The highest BCUT2D eigenvalue weighted by atomic mass is 16.5. The number of nitriles is 1. The average Bonchev–Trinajstić information content (AvgIpc) is 3.19. The lowest BCUT2D eigenvalue weighted by molar-refractivity contribution is -0.154. The van der Waals surface area contributed by atoms with Crippen LogP contribution in [0, 0.1) is 23.2 Å². The molecular weight excluding hydrogens is 412 g/mol. The molecule has 2 atom stereocenters. The normalized spacial score (nSPS) is 21.4. The topological polar surface area (TPSA) is 111 Å². The fourth-order valence-electron chi connectivity index (χ4n) is 4.47. The van der Waals surface area contributed by atoms with E-state index < -0.39 is 36.7 Å². The van der Waals surface area contributed by atoms with Crippen LogP contribution in [0.15, 0.2) is 47.8 Å². The van der Waals surface area contributed by atoms with E-state index in [1.165, 1.54) is 0 Å². The van der Waals surface area contributed by atoms with Gasteiger partial charge in [0.25, 0.3) is 0 Å². The molecule has 3 aliphatic rings. The van der Waals surface area contributed by atoms with Gasteiger partial charge in [0.1, 0.15) is 24.0 Å². The summed E-state index contributed by atoms with van der Waals surface area (Å²) in [6.45, 7) is -1.20. The maximum atomic E-state index is 12.7. The lowest BCUT2D eigenvalue weighted by Crippen LogP contribution is -2.37. The Morgan fingerprint density at radius 2 is 1.56 bits per heavy atom. The number of fused-ring (bicyclic) bond motifs is 2. The summed E-state index contributed by atoms with van der Waals surface area (Å²) in [6, 6.07) is 9.37. The fourth-order valence-corrected chi connectivity index (χ4v) is 4.47. The van der Waals surface area contributed by atoms with E-state index in [-0.39, 0.29) is 17.4 Å². The van der Waals surface area contributed by atoms with Crippen molar-refractivity contribution in [2.45, 2.75) is 12.8 Å². The van der Waals surface area contributed by atoms with Crippen LogP contribution in [0.3, 0.4) is 0 Å². The molecule has 1 aromatic rings. The highest BCUT2D eigenvalue weighted by Crippen LogP contribution is 2.40. The summed E-state index contributed by atoms with van der Waals surface area (Å²) < 4.78 is 5.03. The Morgan fingerprint density at radius 1 is 1.03 bits per heavy atom. The van der Waals surface area contributed by atoms with Gasteiger partial charge in [-0.25, -0.2) is 0 Å². The number of carbonyl (C=O) groups excluding carboxylic acids is 4. The number of Topliss-reactive ketones (excluding diaryl/α,β-unsaturated/α-hetero) is 1. The van der Waals surface area contributed by atoms with E-state index in [0.717, 1.165) is 16.3 Å². The van der Waals surface area contributed by atoms with Crippen molar-refractivity contribution >= 4 is 34.9 Å². The molecule has 2 aliphatic heterocycles. The molecule has 9 nitrogen and oxygen atoms in total. The van der Waals surface area contributed by atoms with E-state index in [2.05, 4.69) is 0 Å². The number of amides is 2. The smallest absolute Gasteiger partial charge is 0.326 e. The number of rotatable bonds is 5. The van der Waals surface area contributed by atoms with Crippen molar-refractivity contribution in [1.82, 2.24) is 4.90 Å². The predicted molar refractivity (Wildman–Crippen MR) is 114 cm³/mol. The Bertz CT molecular complexity index is 1060. The summed E-state index contributed by atoms with van der Waals surface area (Å²) in [5, 5.41) is 9.63. The van der Waals surface area contributed by atoms with Gasteiger partial charge in [-0.15, -0.1) is 0 Å². The number of para-hydroxylation sites is 2. The standard InChI is InChI=1S/C23H22N4O5/c1-25-17-9-5-6-10-18(17)26(2)21(25)16(11-24)19(28)13-32-20(29)12-27-22(30)14-7-3-4-8-15(14)23(27)31/h3-6,9-10,14-15H,7-8,12-13H2,1-2H3. The first-order valence-corrected chi connectivity index (χ1v) is 10.2. The molecule has 1 aliphatic carbocycles. The van der Waals surface area contributed by atoms with E-state index in [4.69, 9.17) is 4.74 Å². The number of hydrogen-bond donors (Lipinski definition) is 0. The van der Waals surface area contributed by atoms with Gasteiger partial charge >= 0.3 is 5.97 Å². The van der Waals surface area contributed by atoms with Crippen molar-refractivity contribution in [3.63, 3.8) is 0 Å². The Kier molecular flexibility index (Phi) is 5.53.